The van der Waals surface area contributed by atoms with Crippen LogP contribution in [0.3, 0.4) is 0 Å². The molecule has 0 heterocycles. The predicted molar refractivity (Wildman–Crippen MR) is 95.3 cm³/mol. The van der Waals surface area contributed by atoms with Gasteiger partial charge in [-0.05, 0) is 36.6 Å². The van der Waals surface area contributed by atoms with E-state index in [9.17, 15) is 9.90 Å². The number of benzene rings is 2. The first kappa shape index (κ1) is 18.0. The van der Waals surface area contributed by atoms with Gasteiger partial charge in [-0.2, -0.15) is 0 Å². The maximum atomic E-state index is 12.4. The molecule has 4 nitrogen and oxygen atoms in total. The van der Waals surface area contributed by atoms with Gasteiger partial charge in [0.1, 0.15) is 5.75 Å². The summed E-state index contributed by atoms with van der Waals surface area (Å²) >= 11 is 0. The van der Waals surface area contributed by atoms with Crippen molar-refractivity contribution in [1.82, 2.24) is 5.32 Å². The first-order chi connectivity index (χ1) is 11.7. The molecule has 2 aromatic rings. The molecule has 0 aliphatic rings. The Kier molecular flexibility index (Phi) is 6.82. The quantitative estimate of drug-likeness (QED) is 0.783. The van der Waals surface area contributed by atoms with E-state index in [1.807, 2.05) is 61.5 Å². The van der Waals surface area contributed by atoms with E-state index >= 15 is 0 Å². The average molecular weight is 327 g/mol. The number of amides is 1. The van der Waals surface area contributed by atoms with E-state index in [1.54, 1.807) is 7.11 Å². The third kappa shape index (κ3) is 4.83. The number of nitrogens with one attached hydrogen (secondary N) is 1. The van der Waals surface area contributed by atoms with Crippen LogP contribution in [0.1, 0.15) is 36.3 Å². The molecule has 0 saturated heterocycles. The van der Waals surface area contributed by atoms with E-state index in [4.69, 9.17) is 4.74 Å². The molecular weight excluding hydrogens is 302 g/mol. The molecule has 0 spiro atoms. The Labute approximate surface area is 143 Å². The highest BCUT2D eigenvalue weighted by molar-refractivity contribution is 5.83. The van der Waals surface area contributed by atoms with Gasteiger partial charge in [0.25, 0.3) is 0 Å². The van der Waals surface area contributed by atoms with Gasteiger partial charge in [0.15, 0.2) is 0 Å². The van der Waals surface area contributed by atoms with E-state index in [0.717, 1.165) is 16.9 Å². The Morgan fingerprint density at radius 2 is 1.75 bits per heavy atom. The normalized spacial score (nSPS) is 13.1. The number of rotatable bonds is 8. The molecule has 0 saturated carbocycles. The summed E-state index contributed by atoms with van der Waals surface area (Å²) in [6, 6.07) is 17.5. The zero-order valence-electron chi connectivity index (χ0n) is 14.2. The van der Waals surface area contributed by atoms with Crippen LogP contribution in [-0.4, -0.2) is 31.3 Å². The van der Waals surface area contributed by atoms with Crippen molar-refractivity contribution in [3.8, 4) is 5.75 Å². The molecule has 0 aliphatic carbocycles. The Morgan fingerprint density at radius 1 is 1.08 bits per heavy atom. The van der Waals surface area contributed by atoms with Crippen molar-refractivity contribution in [3.63, 3.8) is 0 Å². The molecule has 24 heavy (non-hydrogen) atoms. The molecule has 0 aliphatic heterocycles. The fraction of sp³-hybridized carbons (Fsp3) is 0.350. The fourth-order valence-corrected chi connectivity index (χ4v) is 2.69. The molecule has 1 amide bonds. The molecule has 2 aromatic carbocycles. The van der Waals surface area contributed by atoms with E-state index in [-0.39, 0.29) is 24.3 Å². The van der Waals surface area contributed by atoms with Gasteiger partial charge >= 0.3 is 0 Å². The topological polar surface area (TPSA) is 58.6 Å². The molecular formula is C20H25NO3. The summed E-state index contributed by atoms with van der Waals surface area (Å²) in [4.78, 5) is 12.4. The fourth-order valence-electron chi connectivity index (χ4n) is 2.69. The zero-order valence-corrected chi connectivity index (χ0v) is 14.2. The molecule has 0 radical (unpaired) electrons. The highest BCUT2D eigenvalue weighted by Crippen LogP contribution is 2.21. The predicted octanol–water partition coefficient (Wildman–Crippen LogP) is 3.08. The van der Waals surface area contributed by atoms with Crippen LogP contribution in [0.25, 0.3) is 0 Å². The monoisotopic (exact) mass is 327 g/mol. The molecule has 128 valence electrons. The molecule has 2 N–H and O–H groups in total. The lowest BCUT2D eigenvalue weighted by molar-refractivity contribution is -0.122. The van der Waals surface area contributed by atoms with Crippen molar-refractivity contribution < 1.29 is 14.6 Å². The van der Waals surface area contributed by atoms with E-state index in [2.05, 4.69) is 5.32 Å². The lowest BCUT2D eigenvalue weighted by Gasteiger charge is -2.19. The molecule has 0 aromatic heterocycles. The van der Waals surface area contributed by atoms with E-state index in [1.165, 1.54) is 0 Å². The lowest BCUT2D eigenvalue weighted by Crippen LogP contribution is -2.32. The number of methoxy groups -OCH3 is 1. The highest BCUT2D eigenvalue weighted by atomic mass is 16.5. The summed E-state index contributed by atoms with van der Waals surface area (Å²) in [5, 5.41) is 12.3. The minimum absolute atomic E-state index is 0.0148. The van der Waals surface area contributed by atoms with Crippen molar-refractivity contribution in [2.24, 2.45) is 0 Å². The summed E-state index contributed by atoms with van der Waals surface area (Å²) in [7, 11) is 1.62. The summed E-state index contributed by atoms with van der Waals surface area (Å²) in [6.45, 7) is 2.51. The SMILES string of the molecule is COc1ccc(C(C)C(=O)NCC(CCO)c2ccccc2)cc1. The lowest BCUT2D eigenvalue weighted by atomic mass is 9.95. The largest absolute Gasteiger partial charge is 0.497 e. The molecule has 2 rings (SSSR count). The van der Waals surface area contributed by atoms with E-state index in [0.29, 0.717) is 13.0 Å². The summed E-state index contributed by atoms with van der Waals surface area (Å²) in [6.07, 6.45) is 0.626. The van der Waals surface area contributed by atoms with Crippen molar-refractivity contribution in [1.29, 1.82) is 0 Å². The van der Waals surface area contributed by atoms with Gasteiger partial charge in [-0.15, -0.1) is 0 Å². The number of carbonyl (C=O) groups is 1. The third-order valence-corrected chi connectivity index (χ3v) is 4.28. The number of hydrogen-bond donors (Lipinski definition) is 2. The number of carbonyl (C=O) groups excluding carboxylic acids is 1. The maximum absolute atomic E-state index is 12.4. The number of aliphatic hydroxyl groups excluding tert-OH is 1. The second-order valence-electron chi connectivity index (χ2n) is 5.86. The molecule has 4 heteroatoms. The van der Waals surface area contributed by atoms with Crippen LogP contribution in [-0.2, 0) is 4.79 Å². The van der Waals surface area contributed by atoms with Gasteiger partial charge in [0, 0.05) is 19.1 Å². The standard InChI is InChI=1S/C20H25NO3/c1-15(16-8-10-19(24-2)11-9-16)20(23)21-14-18(12-13-22)17-6-4-3-5-7-17/h3-11,15,18,22H,12-14H2,1-2H3,(H,21,23). The van der Waals surface area contributed by atoms with Crippen LogP contribution in [0.2, 0.25) is 0 Å². The van der Waals surface area contributed by atoms with Crippen molar-refractivity contribution >= 4 is 5.91 Å². The van der Waals surface area contributed by atoms with E-state index < -0.39 is 0 Å². The average Bonchev–Trinajstić information content (AvgIpc) is 2.65. The molecule has 2 atom stereocenters. The third-order valence-electron chi connectivity index (χ3n) is 4.28. The number of hydrogen-bond acceptors (Lipinski definition) is 3. The van der Waals surface area contributed by atoms with Gasteiger partial charge in [-0.1, -0.05) is 42.5 Å². The number of aliphatic hydroxyl groups is 1. The molecule has 0 fully saturated rings. The summed E-state index contributed by atoms with van der Waals surface area (Å²) in [5.74, 6) is 0.641. The van der Waals surface area contributed by atoms with Gasteiger partial charge in [0.2, 0.25) is 5.91 Å². The first-order valence-electron chi connectivity index (χ1n) is 8.23. The minimum Gasteiger partial charge on any atom is -0.497 e. The van der Waals surface area contributed by atoms with Crippen LogP contribution >= 0.6 is 0 Å². The van der Waals surface area contributed by atoms with Gasteiger partial charge in [-0.25, -0.2) is 0 Å². The van der Waals surface area contributed by atoms with Crippen molar-refractivity contribution in [3.05, 3.63) is 65.7 Å². The molecule has 0 bridgehead atoms. The van der Waals surface area contributed by atoms with Crippen LogP contribution in [0.15, 0.2) is 54.6 Å². The van der Waals surface area contributed by atoms with Gasteiger partial charge in [-0.3, -0.25) is 4.79 Å². The van der Waals surface area contributed by atoms with Crippen LogP contribution < -0.4 is 10.1 Å². The second kappa shape index (κ2) is 9.08. The minimum atomic E-state index is -0.235. The van der Waals surface area contributed by atoms with Gasteiger partial charge < -0.3 is 15.2 Å². The van der Waals surface area contributed by atoms with Crippen molar-refractivity contribution in [2.45, 2.75) is 25.2 Å². The van der Waals surface area contributed by atoms with Crippen LogP contribution in [0.4, 0.5) is 0 Å². The summed E-state index contributed by atoms with van der Waals surface area (Å²) in [5.41, 5.74) is 2.08. The Morgan fingerprint density at radius 3 is 2.33 bits per heavy atom. The van der Waals surface area contributed by atoms with Crippen LogP contribution in [0, 0.1) is 0 Å². The van der Waals surface area contributed by atoms with Gasteiger partial charge in [0.05, 0.1) is 13.0 Å². The highest BCUT2D eigenvalue weighted by Gasteiger charge is 2.17. The Hall–Kier alpha value is -2.33. The Balaban J connectivity index is 1.96. The maximum Gasteiger partial charge on any atom is 0.227 e. The van der Waals surface area contributed by atoms with Crippen LogP contribution in [0.5, 0.6) is 5.75 Å². The molecule has 2 unspecified atom stereocenters. The smallest absolute Gasteiger partial charge is 0.227 e. The zero-order chi connectivity index (χ0) is 17.4. The first-order valence-corrected chi connectivity index (χ1v) is 8.23. The Bertz CT molecular complexity index is 625. The summed E-state index contributed by atoms with van der Waals surface area (Å²) < 4.78 is 5.14. The second-order valence-corrected chi connectivity index (χ2v) is 5.86. The number of ether oxygens (including phenoxy) is 1. The van der Waals surface area contributed by atoms with Crippen molar-refractivity contribution in [2.75, 3.05) is 20.3 Å².